The van der Waals surface area contributed by atoms with Gasteiger partial charge < -0.3 is 40.4 Å². The molecule has 2 aliphatic rings. The van der Waals surface area contributed by atoms with Gasteiger partial charge in [0, 0.05) is 33.7 Å². The zero-order chi connectivity index (χ0) is 39.1. The fraction of sp³-hybridized carbons (Fsp3) is 0.718. The van der Waals surface area contributed by atoms with E-state index in [0.717, 1.165) is 17.5 Å². The minimum Gasteiger partial charge on any atom is -0.467 e. The molecule has 292 valence electrons. The van der Waals surface area contributed by atoms with Crippen LogP contribution >= 0.6 is 0 Å². The fourth-order valence-corrected chi connectivity index (χ4v) is 7.70. The average molecular weight is 730 g/mol. The van der Waals surface area contributed by atoms with Crippen molar-refractivity contribution in [2.24, 2.45) is 23.5 Å². The molecule has 0 aromatic heterocycles. The number of carbonyl (C=O) groups excluding carboxylic acids is 5. The van der Waals surface area contributed by atoms with Crippen LogP contribution in [0.5, 0.6) is 0 Å². The number of rotatable bonds is 18. The number of carbonyl (C=O) groups is 5. The van der Waals surface area contributed by atoms with E-state index >= 15 is 0 Å². The van der Waals surface area contributed by atoms with Crippen LogP contribution in [-0.4, -0.2) is 116 Å². The summed E-state index contributed by atoms with van der Waals surface area (Å²) in [5.41, 5.74) is 7.01. The maximum Gasteiger partial charge on any atom is 0.329 e. The molecule has 1 aromatic rings. The first-order chi connectivity index (χ1) is 24.4. The predicted octanol–water partition coefficient (Wildman–Crippen LogP) is 2.78. The lowest BCUT2D eigenvalue weighted by molar-refractivity contribution is -0.149. The molecule has 1 saturated heterocycles. The standard InChI is InChI=1S/C39H63N5O8/c1-12-23(4)33(43(8)36(47)31(22(2)3)42-38(49)39(6,7)40)29(50-9)21-30(45)44-19-15-18-28(44)34(51-10)24(5)35(46)41-32(37(48)52-11)27-20-25-16-13-14-17-26(25)27/h13-14,16-17,22-24,27-29,31-34H,12,15,18-21,40H2,1-11H3,(H,41,46)(H,42,49)/t23-,24+,27-,28-,29+,31-,32-,33-,34+/m0/s1. The zero-order valence-electron chi connectivity index (χ0n) is 33.1. The lowest BCUT2D eigenvalue weighted by Gasteiger charge is -2.41. The normalized spacial score (nSPS) is 21.1. The van der Waals surface area contributed by atoms with Crippen molar-refractivity contribution in [1.29, 1.82) is 0 Å². The maximum absolute atomic E-state index is 14.2. The fourth-order valence-electron chi connectivity index (χ4n) is 7.70. The van der Waals surface area contributed by atoms with Gasteiger partial charge in [-0.2, -0.15) is 0 Å². The zero-order valence-corrected chi connectivity index (χ0v) is 33.1. The van der Waals surface area contributed by atoms with Crippen molar-refractivity contribution in [3.8, 4) is 0 Å². The van der Waals surface area contributed by atoms with Crippen LogP contribution in [0.1, 0.15) is 91.2 Å². The highest BCUT2D eigenvalue weighted by atomic mass is 16.5. The van der Waals surface area contributed by atoms with Crippen molar-refractivity contribution in [2.45, 2.75) is 128 Å². The van der Waals surface area contributed by atoms with Crippen LogP contribution in [0.4, 0.5) is 0 Å². The van der Waals surface area contributed by atoms with Gasteiger partial charge in [-0.1, -0.05) is 65.3 Å². The van der Waals surface area contributed by atoms with Gasteiger partial charge in [-0.15, -0.1) is 0 Å². The Hall–Kier alpha value is -3.55. The second-order valence-electron chi connectivity index (χ2n) is 15.5. The van der Waals surface area contributed by atoms with E-state index in [1.54, 1.807) is 37.6 Å². The van der Waals surface area contributed by atoms with Crippen molar-refractivity contribution < 1.29 is 38.2 Å². The first kappa shape index (κ1) is 42.9. The smallest absolute Gasteiger partial charge is 0.329 e. The van der Waals surface area contributed by atoms with Crippen molar-refractivity contribution >= 4 is 29.6 Å². The highest BCUT2D eigenvalue weighted by molar-refractivity contribution is 5.92. The molecule has 0 unspecified atom stereocenters. The van der Waals surface area contributed by atoms with Gasteiger partial charge in [-0.3, -0.25) is 19.2 Å². The number of nitrogens with zero attached hydrogens (tertiary/aromatic N) is 2. The molecular weight excluding hydrogens is 666 g/mol. The van der Waals surface area contributed by atoms with Crippen molar-refractivity contribution in [1.82, 2.24) is 20.4 Å². The Bertz CT molecular complexity index is 1410. The third kappa shape index (κ3) is 9.70. The van der Waals surface area contributed by atoms with Crippen molar-refractivity contribution in [2.75, 3.05) is 34.9 Å². The molecule has 4 N–H and O–H groups in total. The third-order valence-corrected chi connectivity index (χ3v) is 11.1. The number of esters is 1. The summed E-state index contributed by atoms with van der Waals surface area (Å²) < 4.78 is 17.0. The molecule has 0 bridgehead atoms. The second kappa shape index (κ2) is 18.5. The van der Waals surface area contributed by atoms with E-state index in [4.69, 9.17) is 19.9 Å². The van der Waals surface area contributed by atoms with E-state index in [-0.39, 0.29) is 41.9 Å². The van der Waals surface area contributed by atoms with Crippen LogP contribution in [-0.2, 0) is 44.6 Å². The van der Waals surface area contributed by atoms with E-state index in [1.165, 1.54) is 21.3 Å². The Balaban J connectivity index is 1.78. The van der Waals surface area contributed by atoms with E-state index in [9.17, 15) is 24.0 Å². The molecule has 52 heavy (non-hydrogen) atoms. The summed E-state index contributed by atoms with van der Waals surface area (Å²) in [4.78, 5) is 70.9. The minimum atomic E-state index is -1.17. The van der Waals surface area contributed by atoms with Crippen LogP contribution in [0.3, 0.4) is 0 Å². The molecule has 3 rings (SSSR count). The number of methoxy groups -OCH3 is 3. The Morgan fingerprint density at radius 2 is 1.67 bits per heavy atom. The van der Waals surface area contributed by atoms with Crippen LogP contribution in [0.25, 0.3) is 0 Å². The van der Waals surface area contributed by atoms with Gasteiger partial charge in [0.1, 0.15) is 12.1 Å². The number of fused-ring (bicyclic) bond motifs is 1. The maximum atomic E-state index is 14.2. The highest BCUT2D eigenvalue weighted by Crippen LogP contribution is 2.38. The summed E-state index contributed by atoms with van der Waals surface area (Å²) in [5.74, 6) is -2.92. The summed E-state index contributed by atoms with van der Waals surface area (Å²) in [5, 5.41) is 5.77. The molecular formula is C39H63N5O8. The first-order valence-electron chi connectivity index (χ1n) is 18.6. The molecule has 1 heterocycles. The SMILES string of the molecule is CC[C@H](C)[C@@H]([C@@H](CC(=O)N1CCC[C@H]1[C@H](OC)[C@@H](C)C(=O)N[C@H](C(=O)OC)[C@H]1Cc2ccccc21)OC)N(C)C(=O)[C@@H](NC(=O)C(C)(C)N)C(C)C. The molecule has 1 aliphatic carbocycles. The summed E-state index contributed by atoms with van der Waals surface area (Å²) in [6.45, 7) is 13.2. The van der Waals surface area contributed by atoms with Crippen LogP contribution in [0.15, 0.2) is 24.3 Å². The minimum absolute atomic E-state index is 0.00330. The van der Waals surface area contributed by atoms with Gasteiger partial charge in [0.15, 0.2) is 0 Å². The molecule has 1 aliphatic heterocycles. The summed E-state index contributed by atoms with van der Waals surface area (Å²) in [7, 11) is 6.07. The van der Waals surface area contributed by atoms with Gasteiger partial charge in [0.2, 0.25) is 23.6 Å². The molecule has 1 fully saturated rings. The van der Waals surface area contributed by atoms with Gasteiger partial charge in [-0.05, 0) is 56.1 Å². The monoisotopic (exact) mass is 729 g/mol. The van der Waals surface area contributed by atoms with Gasteiger partial charge in [0.05, 0.1) is 49.3 Å². The lowest BCUT2D eigenvalue weighted by atomic mass is 9.73. The molecule has 13 nitrogen and oxygen atoms in total. The topological polar surface area (TPSA) is 170 Å². The molecule has 0 spiro atoms. The number of ether oxygens (including phenoxy) is 3. The number of hydrogen-bond acceptors (Lipinski definition) is 9. The quantitative estimate of drug-likeness (QED) is 0.193. The number of benzene rings is 1. The van der Waals surface area contributed by atoms with Crippen LogP contribution < -0.4 is 16.4 Å². The summed E-state index contributed by atoms with van der Waals surface area (Å²) in [6, 6.07) is 5.30. The van der Waals surface area contributed by atoms with E-state index < -0.39 is 59.7 Å². The molecule has 9 atom stereocenters. The number of likely N-dealkylation sites (tertiary alicyclic amines) is 1. The third-order valence-electron chi connectivity index (χ3n) is 11.1. The van der Waals surface area contributed by atoms with E-state index in [1.807, 2.05) is 52.0 Å². The molecule has 0 radical (unpaired) electrons. The summed E-state index contributed by atoms with van der Waals surface area (Å²) >= 11 is 0. The predicted molar refractivity (Wildman–Crippen MR) is 198 cm³/mol. The van der Waals surface area contributed by atoms with Gasteiger partial charge in [0.25, 0.3) is 0 Å². The highest BCUT2D eigenvalue weighted by Gasteiger charge is 2.45. The largest absolute Gasteiger partial charge is 0.467 e. The number of hydrogen-bond donors (Lipinski definition) is 3. The number of nitrogens with one attached hydrogen (secondary N) is 2. The number of amides is 4. The first-order valence-corrected chi connectivity index (χ1v) is 18.6. The lowest BCUT2D eigenvalue weighted by Crippen LogP contribution is -2.60. The molecule has 4 amide bonds. The van der Waals surface area contributed by atoms with Crippen molar-refractivity contribution in [3.63, 3.8) is 0 Å². The molecule has 1 aromatic carbocycles. The Morgan fingerprint density at radius 3 is 2.21 bits per heavy atom. The van der Waals surface area contributed by atoms with Gasteiger partial charge >= 0.3 is 5.97 Å². The number of nitrogens with two attached hydrogens (primary N) is 1. The van der Waals surface area contributed by atoms with Gasteiger partial charge in [-0.25, -0.2) is 4.79 Å². The second-order valence-corrected chi connectivity index (χ2v) is 15.5. The Labute approximate surface area is 310 Å². The average Bonchev–Trinajstić information content (AvgIpc) is 3.58. The van der Waals surface area contributed by atoms with Crippen molar-refractivity contribution in [3.05, 3.63) is 35.4 Å². The molecule has 0 saturated carbocycles. The number of likely N-dealkylation sites (N-methyl/N-ethyl adjacent to an activating group) is 1. The molecule has 13 heteroatoms. The Kier molecular flexibility index (Phi) is 15.2. The van der Waals surface area contributed by atoms with Crippen LogP contribution in [0, 0.1) is 17.8 Å². The van der Waals surface area contributed by atoms with E-state index in [0.29, 0.717) is 25.8 Å². The summed E-state index contributed by atoms with van der Waals surface area (Å²) in [6.07, 6.45) is 1.44. The van der Waals surface area contributed by atoms with Crippen LogP contribution in [0.2, 0.25) is 0 Å². The van der Waals surface area contributed by atoms with E-state index in [2.05, 4.69) is 10.6 Å². The Morgan fingerprint density at radius 1 is 1.02 bits per heavy atom.